The Bertz CT molecular complexity index is 1330. The molecular weight excluding hydrogens is 404 g/mol. The molecular formula is C24H20N6O2. The molecule has 1 fully saturated rings. The molecule has 0 spiro atoms. The number of fused-ring (bicyclic) bond motifs is 1. The van der Waals surface area contributed by atoms with E-state index in [4.69, 9.17) is 9.72 Å². The fourth-order valence-corrected chi connectivity index (χ4v) is 4.08. The van der Waals surface area contributed by atoms with Crippen LogP contribution in [0.25, 0.3) is 22.6 Å². The number of carbonyl (C=O) groups excluding carboxylic acids is 1. The molecule has 1 saturated carbocycles. The van der Waals surface area contributed by atoms with E-state index in [-0.39, 0.29) is 5.91 Å². The first-order chi connectivity index (χ1) is 15.7. The van der Waals surface area contributed by atoms with Gasteiger partial charge >= 0.3 is 0 Å². The normalized spacial score (nSPS) is 15.2. The fourth-order valence-electron chi connectivity index (χ4n) is 4.08. The minimum absolute atomic E-state index is 0.0587. The largest absolute Gasteiger partial charge is 0.481 e. The summed E-state index contributed by atoms with van der Waals surface area (Å²) in [6.07, 6.45) is 5.78. The zero-order chi connectivity index (χ0) is 21.7. The summed E-state index contributed by atoms with van der Waals surface area (Å²) >= 11 is 0. The van der Waals surface area contributed by atoms with Crippen molar-refractivity contribution in [2.24, 2.45) is 0 Å². The lowest BCUT2D eigenvalue weighted by Crippen LogP contribution is -2.24. The van der Waals surface area contributed by atoms with Gasteiger partial charge in [0, 0.05) is 29.4 Å². The van der Waals surface area contributed by atoms with Crippen LogP contribution < -0.4 is 9.64 Å². The van der Waals surface area contributed by atoms with Gasteiger partial charge in [-0.15, -0.1) is 10.2 Å². The van der Waals surface area contributed by atoms with Crippen LogP contribution in [-0.2, 0) is 6.54 Å². The van der Waals surface area contributed by atoms with Gasteiger partial charge in [-0.05, 0) is 48.2 Å². The number of hydrogen-bond acceptors (Lipinski definition) is 6. The third kappa shape index (κ3) is 3.11. The second kappa shape index (κ2) is 7.26. The molecule has 0 bridgehead atoms. The number of hydrogen-bond donors (Lipinski definition) is 0. The van der Waals surface area contributed by atoms with Crippen molar-refractivity contribution in [3.63, 3.8) is 0 Å². The molecule has 32 heavy (non-hydrogen) atoms. The number of pyridine rings is 2. The first kappa shape index (κ1) is 18.7. The summed E-state index contributed by atoms with van der Waals surface area (Å²) in [4.78, 5) is 24.0. The van der Waals surface area contributed by atoms with Crippen molar-refractivity contribution in [1.29, 1.82) is 0 Å². The van der Waals surface area contributed by atoms with Gasteiger partial charge in [-0.25, -0.2) is 9.97 Å². The molecule has 0 unspecified atom stereocenters. The molecule has 6 rings (SSSR count). The zero-order valence-electron chi connectivity index (χ0n) is 17.5. The maximum Gasteiger partial charge on any atom is 0.260 e. The van der Waals surface area contributed by atoms with Crippen LogP contribution in [0.5, 0.6) is 5.88 Å². The van der Waals surface area contributed by atoms with Crippen LogP contribution in [0.3, 0.4) is 0 Å². The predicted molar refractivity (Wildman–Crippen MR) is 118 cm³/mol. The lowest BCUT2D eigenvalue weighted by molar-refractivity contribution is 0.0996. The van der Waals surface area contributed by atoms with Crippen LogP contribution >= 0.6 is 0 Å². The number of aromatic nitrogens is 5. The topological polar surface area (TPSA) is 86.0 Å². The highest BCUT2D eigenvalue weighted by atomic mass is 16.5. The summed E-state index contributed by atoms with van der Waals surface area (Å²) in [5.41, 5.74) is 4.26. The Kier molecular flexibility index (Phi) is 4.24. The van der Waals surface area contributed by atoms with Crippen molar-refractivity contribution >= 4 is 11.7 Å². The number of amides is 1. The van der Waals surface area contributed by atoms with Gasteiger partial charge < -0.3 is 9.30 Å². The summed E-state index contributed by atoms with van der Waals surface area (Å²) < 4.78 is 7.20. The van der Waals surface area contributed by atoms with Crippen LogP contribution in [0.4, 0.5) is 5.82 Å². The van der Waals surface area contributed by atoms with Crippen molar-refractivity contribution < 1.29 is 9.53 Å². The molecule has 1 aliphatic heterocycles. The standard InChI is InChI=1S/C24H20N6O2/c1-32-22-10-7-16(12-25-22)15-5-6-17-13-29(24(31)19(17)11-15)21-4-2-3-20(27-21)23-28-26-14-30(23)18-8-9-18/h2-7,10-12,14,18H,8-9,13H2,1H3. The van der Waals surface area contributed by atoms with Crippen LogP contribution in [0.1, 0.15) is 34.8 Å². The summed E-state index contributed by atoms with van der Waals surface area (Å²) in [7, 11) is 1.59. The molecule has 4 heterocycles. The second-order valence-corrected chi connectivity index (χ2v) is 8.03. The average molecular weight is 424 g/mol. The number of ether oxygens (including phenoxy) is 1. The molecule has 0 saturated heterocycles. The SMILES string of the molecule is COc1ccc(-c2ccc3c(c2)C(=O)N(c2cccc(-c4nncn4C4CC4)n2)C3)cn1. The Morgan fingerprint density at radius 3 is 2.72 bits per heavy atom. The van der Waals surface area contributed by atoms with Crippen LogP contribution in [0, 0.1) is 0 Å². The predicted octanol–water partition coefficient (Wildman–Crippen LogP) is 3.91. The first-order valence-corrected chi connectivity index (χ1v) is 10.5. The minimum Gasteiger partial charge on any atom is -0.481 e. The molecule has 2 aliphatic rings. The van der Waals surface area contributed by atoms with Gasteiger partial charge in [-0.1, -0.05) is 18.2 Å². The van der Waals surface area contributed by atoms with Gasteiger partial charge in [0.1, 0.15) is 17.8 Å². The van der Waals surface area contributed by atoms with Gasteiger partial charge in [0.15, 0.2) is 5.82 Å². The summed E-state index contributed by atoms with van der Waals surface area (Å²) in [5.74, 6) is 1.85. The third-order valence-corrected chi connectivity index (χ3v) is 5.95. The van der Waals surface area contributed by atoms with E-state index in [9.17, 15) is 4.79 Å². The van der Waals surface area contributed by atoms with E-state index in [1.54, 1.807) is 24.5 Å². The second-order valence-electron chi connectivity index (χ2n) is 8.03. The Morgan fingerprint density at radius 2 is 1.94 bits per heavy atom. The lowest BCUT2D eigenvalue weighted by Gasteiger charge is -2.15. The molecule has 158 valence electrons. The number of anilines is 1. The highest BCUT2D eigenvalue weighted by Crippen LogP contribution is 2.37. The zero-order valence-corrected chi connectivity index (χ0v) is 17.5. The Balaban J connectivity index is 1.31. The summed E-state index contributed by atoms with van der Waals surface area (Å²) in [6.45, 7) is 0.487. The summed E-state index contributed by atoms with van der Waals surface area (Å²) in [6, 6.07) is 15.8. The Hall–Kier alpha value is -4.07. The highest BCUT2D eigenvalue weighted by Gasteiger charge is 2.31. The van der Waals surface area contributed by atoms with Crippen LogP contribution in [0.15, 0.2) is 61.1 Å². The number of benzene rings is 1. The van der Waals surface area contributed by atoms with E-state index >= 15 is 0 Å². The smallest absolute Gasteiger partial charge is 0.260 e. The van der Waals surface area contributed by atoms with Gasteiger partial charge in [0.25, 0.3) is 5.91 Å². The van der Waals surface area contributed by atoms with Gasteiger partial charge in [0.2, 0.25) is 5.88 Å². The van der Waals surface area contributed by atoms with E-state index in [0.29, 0.717) is 29.8 Å². The molecule has 1 aliphatic carbocycles. The average Bonchev–Trinajstić information content (AvgIpc) is 3.48. The van der Waals surface area contributed by atoms with E-state index < -0.39 is 0 Å². The van der Waals surface area contributed by atoms with E-state index in [1.807, 2.05) is 48.5 Å². The van der Waals surface area contributed by atoms with E-state index in [0.717, 1.165) is 41.1 Å². The first-order valence-electron chi connectivity index (χ1n) is 10.5. The van der Waals surface area contributed by atoms with Crippen molar-refractivity contribution in [2.75, 3.05) is 12.0 Å². The molecule has 4 aromatic rings. The maximum absolute atomic E-state index is 13.3. The van der Waals surface area contributed by atoms with Crippen molar-refractivity contribution in [3.05, 3.63) is 72.2 Å². The van der Waals surface area contributed by atoms with Gasteiger partial charge in [-0.3, -0.25) is 9.69 Å². The number of carbonyl (C=O) groups is 1. The van der Waals surface area contributed by atoms with E-state index in [1.165, 1.54) is 0 Å². The number of nitrogens with zero attached hydrogens (tertiary/aromatic N) is 6. The van der Waals surface area contributed by atoms with Crippen molar-refractivity contribution in [2.45, 2.75) is 25.4 Å². The molecule has 8 heteroatoms. The fraction of sp³-hybridized carbons (Fsp3) is 0.208. The van der Waals surface area contributed by atoms with Crippen LogP contribution in [-0.4, -0.2) is 37.7 Å². The lowest BCUT2D eigenvalue weighted by atomic mass is 10.0. The molecule has 8 nitrogen and oxygen atoms in total. The Labute approximate surface area is 184 Å². The Morgan fingerprint density at radius 1 is 1.06 bits per heavy atom. The third-order valence-electron chi connectivity index (χ3n) is 5.95. The minimum atomic E-state index is -0.0587. The molecule has 0 radical (unpaired) electrons. The molecule has 1 aromatic carbocycles. The molecule has 1 amide bonds. The number of methoxy groups -OCH3 is 1. The highest BCUT2D eigenvalue weighted by molar-refractivity contribution is 6.10. The number of rotatable bonds is 5. The van der Waals surface area contributed by atoms with Crippen molar-refractivity contribution in [1.82, 2.24) is 24.7 Å². The quantitative estimate of drug-likeness (QED) is 0.483. The summed E-state index contributed by atoms with van der Waals surface area (Å²) in [5, 5.41) is 8.33. The monoisotopic (exact) mass is 424 g/mol. The molecule has 0 N–H and O–H groups in total. The van der Waals surface area contributed by atoms with Gasteiger partial charge in [0.05, 0.1) is 13.7 Å². The van der Waals surface area contributed by atoms with E-state index in [2.05, 4.69) is 19.7 Å². The molecule has 3 aromatic heterocycles. The van der Waals surface area contributed by atoms with Crippen LogP contribution in [0.2, 0.25) is 0 Å². The maximum atomic E-state index is 13.3. The molecule has 0 atom stereocenters. The van der Waals surface area contributed by atoms with Crippen molar-refractivity contribution in [3.8, 4) is 28.5 Å². The van der Waals surface area contributed by atoms with Gasteiger partial charge in [-0.2, -0.15) is 0 Å².